The predicted octanol–water partition coefficient (Wildman–Crippen LogP) is 2.83. The quantitative estimate of drug-likeness (QED) is 0.818. The highest BCUT2D eigenvalue weighted by Gasteiger charge is 2.26. The predicted molar refractivity (Wildman–Crippen MR) is 75.0 cm³/mol. The number of likely N-dealkylation sites (N-methyl/N-ethyl adjacent to an activating group) is 1. The molecule has 3 nitrogen and oxygen atoms in total. The maximum absolute atomic E-state index is 4.71. The Hall–Kier alpha value is -1.35. The van der Waals surface area contributed by atoms with Gasteiger partial charge in [0.05, 0.1) is 11.0 Å². The van der Waals surface area contributed by atoms with Crippen LogP contribution in [0.5, 0.6) is 0 Å². The van der Waals surface area contributed by atoms with Crippen LogP contribution < -0.4 is 5.32 Å². The van der Waals surface area contributed by atoms with Crippen LogP contribution in [0.3, 0.4) is 0 Å². The molecule has 3 heteroatoms. The fourth-order valence-electron chi connectivity index (χ4n) is 2.62. The van der Waals surface area contributed by atoms with Crippen molar-refractivity contribution in [2.75, 3.05) is 13.1 Å². The normalized spacial score (nSPS) is 15.4. The fraction of sp³-hybridized carbons (Fsp3) is 0.533. The van der Waals surface area contributed by atoms with Crippen molar-refractivity contribution in [2.24, 2.45) is 0 Å². The molecule has 0 bridgehead atoms. The van der Waals surface area contributed by atoms with Gasteiger partial charge in [-0.1, -0.05) is 13.0 Å². The summed E-state index contributed by atoms with van der Waals surface area (Å²) in [7, 11) is 0. The maximum Gasteiger partial charge on any atom is 0.106 e. The zero-order chi connectivity index (χ0) is 12.5. The van der Waals surface area contributed by atoms with Gasteiger partial charge in [0, 0.05) is 6.04 Å². The smallest absolute Gasteiger partial charge is 0.106 e. The first-order valence-corrected chi connectivity index (χ1v) is 6.97. The van der Waals surface area contributed by atoms with E-state index < -0.39 is 0 Å². The third-order valence-electron chi connectivity index (χ3n) is 3.68. The van der Waals surface area contributed by atoms with Gasteiger partial charge in [0.1, 0.15) is 5.82 Å². The van der Waals surface area contributed by atoms with E-state index in [2.05, 4.69) is 41.9 Å². The molecule has 0 unspecified atom stereocenters. The minimum absolute atomic E-state index is 0.711. The van der Waals surface area contributed by atoms with E-state index in [-0.39, 0.29) is 0 Å². The molecule has 2 aromatic rings. The molecular weight excluding hydrogens is 222 g/mol. The largest absolute Gasteiger partial charge is 0.325 e. The molecule has 1 heterocycles. The molecule has 0 amide bonds. The second-order valence-corrected chi connectivity index (χ2v) is 5.19. The summed E-state index contributed by atoms with van der Waals surface area (Å²) in [5.74, 6) is 1.16. The molecule has 0 aliphatic heterocycles. The summed E-state index contributed by atoms with van der Waals surface area (Å²) in [6.07, 6.45) is 3.71. The molecule has 1 aromatic heterocycles. The first-order valence-electron chi connectivity index (χ1n) is 6.97. The second kappa shape index (κ2) is 4.73. The summed E-state index contributed by atoms with van der Waals surface area (Å²) in [4.78, 5) is 4.71. The third-order valence-corrected chi connectivity index (χ3v) is 3.68. The minimum atomic E-state index is 0.711. The van der Waals surface area contributed by atoms with Gasteiger partial charge in [0.15, 0.2) is 0 Å². The van der Waals surface area contributed by atoms with Gasteiger partial charge < -0.3 is 9.88 Å². The Morgan fingerprint density at radius 1 is 1.39 bits per heavy atom. The average Bonchev–Trinajstić information content (AvgIpc) is 3.12. The first kappa shape index (κ1) is 11.7. The molecule has 1 N–H and O–H groups in total. The van der Waals surface area contributed by atoms with Crippen LogP contribution in [0, 0.1) is 6.92 Å². The summed E-state index contributed by atoms with van der Waals surface area (Å²) in [5.41, 5.74) is 3.85. The van der Waals surface area contributed by atoms with Gasteiger partial charge >= 0.3 is 0 Å². The van der Waals surface area contributed by atoms with E-state index in [9.17, 15) is 0 Å². The monoisotopic (exact) mass is 243 g/mol. The Morgan fingerprint density at radius 2 is 2.22 bits per heavy atom. The van der Waals surface area contributed by atoms with Gasteiger partial charge in [0.2, 0.25) is 0 Å². The molecule has 1 aromatic carbocycles. The number of hydrogen-bond donors (Lipinski definition) is 1. The van der Waals surface area contributed by atoms with E-state index in [1.165, 1.54) is 23.9 Å². The van der Waals surface area contributed by atoms with E-state index >= 15 is 0 Å². The number of nitrogens with zero attached hydrogens (tertiary/aromatic N) is 2. The number of imidazole rings is 1. The molecule has 1 fully saturated rings. The number of benzene rings is 1. The van der Waals surface area contributed by atoms with E-state index in [1.54, 1.807) is 0 Å². The SMILES string of the molecule is CCNCCc1ccc2c(c1)nc(C)n2C1CC1. The zero-order valence-corrected chi connectivity index (χ0v) is 11.2. The molecule has 1 aliphatic carbocycles. The Kier molecular flexibility index (Phi) is 3.08. The second-order valence-electron chi connectivity index (χ2n) is 5.19. The van der Waals surface area contributed by atoms with Crippen molar-refractivity contribution >= 4 is 11.0 Å². The lowest BCUT2D eigenvalue weighted by Gasteiger charge is -2.05. The molecule has 0 saturated heterocycles. The highest BCUT2D eigenvalue weighted by Crippen LogP contribution is 2.38. The van der Waals surface area contributed by atoms with Gasteiger partial charge in [-0.3, -0.25) is 0 Å². The van der Waals surface area contributed by atoms with Crippen molar-refractivity contribution in [3.63, 3.8) is 0 Å². The first-order chi connectivity index (χ1) is 8.79. The van der Waals surface area contributed by atoms with Crippen molar-refractivity contribution in [3.05, 3.63) is 29.6 Å². The van der Waals surface area contributed by atoms with Crippen LogP contribution >= 0.6 is 0 Å². The lowest BCUT2D eigenvalue weighted by molar-refractivity contribution is 0.716. The summed E-state index contributed by atoms with van der Waals surface area (Å²) >= 11 is 0. The van der Waals surface area contributed by atoms with Gasteiger partial charge in [-0.2, -0.15) is 0 Å². The average molecular weight is 243 g/mol. The topological polar surface area (TPSA) is 29.9 Å². The highest BCUT2D eigenvalue weighted by atomic mass is 15.1. The number of nitrogens with one attached hydrogen (secondary N) is 1. The molecule has 18 heavy (non-hydrogen) atoms. The van der Waals surface area contributed by atoms with Gasteiger partial charge in [0.25, 0.3) is 0 Å². The van der Waals surface area contributed by atoms with Crippen LogP contribution in [0.25, 0.3) is 11.0 Å². The molecule has 96 valence electrons. The van der Waals surface area contributed by atoms with Crippen LogP contribution in [0.2, 0.25) is 0 Å². The van der Waals surface area contributed by atoms with E-state index in [0.717, 1.165) is 30.9 Å². The molecule has 0 spiro atoms. The minimum Gasteiger partial charge on any atom is -0.325 e. The maximum atomic E-state index is 4.71. The molecule has 1 aliphatic rings. The van der Waals surface area contributed by atoms with Crippen LogP contribution in [-0.4, -0.2) is 22.6 Å². The van der Waals surface area contributed by atoms with Crippen molar-refractivity contribution in [2.45, 2.75) is 39.2 Å². The van der Waals surface area contributed by atoms with Gasteiger partial charge in [-0.05, 0) is 57.0 Å². The molecular formula is C15H21N3. The van der Waals surface area contributed by atoms with E-state index in [1.807, 2.05) is 0 Å². The summed E-state index contributed by atoms with van der Waals surface area (Å²) < 4.78 is 2.41. The lowest BCUT2D eigenvalue weighted by atomic mass is 10.1. The Bertz CT molecular complexity index is 552. The van der Waals surface area contributed by atoms with Crippen molar-refractivity contribution in [1.82, 2.24) is 14.9 Å². The van der Waals surface area contributed by atoms with Crippen molar-refractivity contribution < 1.29 is 0 Å². The number of hydrogen-bond acceptors (Lipinski definition) is 2. The van der Waals surface area contributed by atoms with Crippen LogP contribution in [-0.2, 0) is 6.42 Å². The fourth-order valence-corrected chi connectivity index (χ4v) is 2.62. The van der Waals surface area contributed by atoms with Gasteiger partial charge in [-0.25, -0.2) is 4.98 Å². The highest BCUT2D eigenvalue weighted by molar-refractivity contribution is 5.77. The van der Waals surface area contributed by atoms with Crippen LogP contribution in [0.1, 0.15) is 37.2 Å². The number of fused-ring (bicyclic) bond motifs is 1. The van der Waals surface area contributed by atoms with Crippen molar-refractivity contribution in [1.29, 1.82) is 0 Å². The molecule has 1 saturated carbocycles. The lowest BCUT2D eigenvalue weighted by Crippen LogP contribution is -2.15. The number of rotatable bonds is 5. The van der Waals surface area contributed by atoms with Crippen molar-refractivity contribution in [3.8, 4) is 0 Å². The Balaban J connectivity index is 1.88. The Morgan fingerprint density at radius 3 is 2.94 bits per heavy atom. The van der Waals surface area contributed by atoms with E-state index in [0.29, 0.717) is 6.04 Å². The molecule has 0 atom stereocenters. The van der Waals surface area contributed by atoms with Crippen LogP contribution in [0.4, 0.5) is 0 Å². The molecule has 3 rings (SSSR count). The molecule has 0 radical (unpaired) electrons. The number of aryl methyl sites for hydroxylation is 1. The van der Waals surface area contributed by atoms with E-state index in [4.69, 9.17) is 4.98 Å². The Labute approximate surface area is 108 Å². The van der Waals surface area contributed by atoms with Crippen LogP contribution in [0.15, 0.2) is 18.2 Å². The summed E-state index contributed by atoms with van der Waals surface area (Å²) in [6.45, 7) is 6.35. The number of aromatic nitrogens is 2. The standard InChI is InChI=1S/C15H21N3/c1-3-16-9-8-12-4-7-15-14(10-12)17-11(2)18(15)13-5-6-13/h4,7,10,13,16H,3,5-6,8-9H2,1-2H3. The summed E-state index contributed by atoms with van der Waals surface area (Å²) in [6, 6.07) is 7.45. The summed E-state index contributed by atoms with van der Waals surface area (Å²) in [5, 5.41) is 3.36. The van der Waals surface area contributed by atoms with Gasteiger partial charge in [-0.15, -0.1) is 0 Å². The third kappa shape index (κ3) is 2.15. The zero-order valence-electron chi connectivity index (χ0n) is 11.2.